The summed E-state index contributed by atoms with van der Waals surface area (Å²) in [6.45, 7) is 19.8. The summed E-state index contributed by atoms with van der Waals surface area (Å²) in [7, 11) is 1.56. The second-order valence-electron chi connectivity index (χ2n) is 14.0. The first-order chi connectivity index (χ1) is 32.1. The summed E-state index contributed by atoms with van der Waals surface area (Å²) in [4.78, 5) is 110. The number of nitrogens with zero attached hydrogens (tertiary/aromatic N) is 1. The van der Waals surface area contributed by atoms with Crippen LogP contribution in [0.25, 0.3) is 10.9 Å². The molecule has 0 atom stereocenters. The molecule has 2 aromatic heterocycles. The predicted octanol–water partition coefficient (Wildman–Crippen LogP) is 1.05. The number of H-pyrrole nitrogens is 2. The van der Waals surface area contributed by atoms with Crippen LogP contribution in [-0.2, 0) is 43.2 Å². The number of benzene rings is 1. The number of nitrogens with one attached hydrogen (secondary N) is 10. The maximum atomic E-state index is 11.7. The van der Waals surface area contributed by atoms with Gasteiger partial charge in [0.05, 0.1) is 58.7 Å². The number of likely N-dealkylation sites (N-methyl/N-ethyl adjacent to an activating group) is 1. The molecule has 14 N–H and O–H groups in total. The standard InChI is InChI=1S/C17H29N9O8.C9H9N.C4H6N2.C4H10.C3H7NO.C3H8S.C3H8.C2H6/c1-19-3-11(28)21-5-13(30)23-7-15(32)25-9-17(34)26-8-16(33)24-6-14(31)22-4-12(29)20-2-10(18)27;1-7-6-10-9-5-3-2-4-8(7)9;1-4-2-5-3-6-4;1-4(2)3;1-2-3(4)5;1-3-4-2;1-3-2;1-2/h19H,2-9H2,1H3,(H2,18,27)(H,20,29)(H,21,28)(H,22,31)(H,23,30)(H,24,33)(H,25,32)(H,26,34);2-6,10H,1H3;2-3H,1H3,(H,5,6);4H,1-3H3;2H2,1H3,(H2,4,5);3H2,1-2H3;3H2,1-2H3;1-2H3. The van der Waals surface area contributed by atoms with E-state index in [2.05, 4.69) is 136 Å². The number of hydrogen-bond acceptors (Lipinski definition) is 12. The molecule has 0 aliphatic rings. The van der Waals surface area contributed by atoms with Crippen molar-refractivity contribution in [1.82, 2.24) is 57.5 Å². The minimum atomic E-state index is -0.747. The second kappa shape index (κ2) is 49.9. The van der Waals surface area contributed by atoms with E-state index < -0.39 is 80.0 Å². The van der Waals surface area contributed by atoms with E-state index in [1.807, 2.05) is 44.8 Å². The van der Waals surface area contributed by atoms with Gasteiger partial charge in [-0.1, -0.05) is 86.9 Å². The number of thioether (sulfide) groups is 1. The first-order valence-corrected chi connectivity index (χ1v) is 23.6. The first-order valence-electron chi connectivity index (χ1n) is 22.2. The highest BCUT2D eigenvalue weighted by atomic mass is 32.2. The fourth-order valence-corrected chi connectivity index (χ4v) is 3.40. The van der Waals surface area contributed by atoms with Crippen LogP contribution >= 0.6 is 11.8 Å². The third-order valence-electron chi connectivity index (χ3n) is 6.54. The molecule has 0 aliphatic carbocycles. The number of imidazole rings is 1. The van der Waals surface area contributed by atoms with Gasteiger partial charge in [-0.25, -0.2) is 4.98 Å². The number of primary amides is 2. The van der Waals surface area contributed by atoms with Crippen molar-refractivity contribution in [3.63, 3.8) is 0 Å². The van der Waals surface area contributed by atoms with Crippen molar-refractivity contribution in [2.75, 3.05) is 71.4 Å². The molecule has 68 heavy (non-hydrogen) atoms. The molecule has 2 heterocycles. The zero-order chi connectivity index (χ0) is 53.3. The van der Waals surface area contributed by atoms with Crippen LogP contribution in [0.15, 0.2) is 43.0 Å². The number of aromatic amines is 2. The molecule has 1 aromatic carbocycles. The summed E-state index contributed by atoms with van der Waals surface area (Å²) in [6.07, 6.45) is 9.26. The lowest BCUT2D eigenvalue weighted by atomic mass is 10.2. The van der Waals surface area contributed by atoms with Crippen molar-refractivity contribution >= 4 is 75.8 Å². The molecule has 0 spiro atoms. The van der Waals surface area contributed by atoms with E-state index in [0.717, 1.165) is 11.6 Å². The highest BCUT2D eigenvalue weighted by Crippen LogP contribution is 2.15. The van der Waals surface area contributed by atoms with E-state index >= 15 is 0 Å². The summed E-state index contributed by atoms with van der Waals surface area (Å²) in [5, 5.41) is 19.4. The van der Waals surface area contributed by atoms with Crippen molar-refractivity contribution in [1.29, 1.82) is 0 Å². The Hall–Kier alpha value is -6.49. The van der Waals surface area contributed by atoms with Crippen molar-refractivity contribution in [3.05, 3.63) is 54.2 Å². The van der Waals surface area contributed by atoms with Crippen molar-refractivity contribution in [3.8, 4) is 0 Å². The molecule has 0 bridgehead atoms. The monoisotopic (exact) mass is 982 g/mol. The molecule has 9 amide bonds. The van der Waals surface area contributed by atoms with Gasteiger partial charge in [-0.05, 0) is 50.5 Å². The quantitative estimate of drug-likeness (QED) is 0.0852. The minimum absolute atomic E-state index is 0.0342. The van der Waals surface area contributed by atoms with E-state index in [0.29, 0.717) is 6.42 Å². The summed E-state index contributed by atoms with van der Waals surface area (Å²) in [6, 6.07) is 8.31. The maximum Gasteiger partial charge on any atom is 0.239 e. The molecule has 0 saturated heterocycles. The van der Waals surface area contributed by atoms with Gasteiger partial charge in [0.2, 0.25) is 53.2 Å². The third kappa shape index (κ3) is 53.8. The largest absolute Gasteiger partial charge is 0.370 e. The fourth-order valence-electron chi connectivity index (χ4n) is 3.40. The van der Waals surface area contributed by atoms with Gasteiger partial charge in [0, 0.05) is 35.4 Å². The average molecular weight is 982 g/mol. The number of rotatable bonds is 18. The van der Waals surface area contributed by atoms with E-state index in [1.165, 1.54) is 28.6 Å². The maximum absolute atomic E-state index is 11.7. The zero-order valence-corrected chi connectivity index (χ0v) is 43.4. The highest BCUT2D eigenvalue weighted by Gasteiger charge is 2.11. The molecule has 0 aliphatic heterocycles. The number of fused-ring (bicyclic) bond motifs is 1. The van der Waals surface area contributed by atoms with Crippen LogP contribution in [0.3, 0.4) is 0 Å². The van der Waals surface area contributed by atoms with Crippen LogP contribution in [0.2, 0.25) is 0 Å². The highest BCUT2D eigenvalue weighted by molar-refractivity contribution is 7.98. The Bertz CT molecular complexity index is 1800. The molecule has 0 fully saturated rings. The van der Waals surface area contributed by atoms with E-state index in [9.17, 15) is 43.2 Å². The molecular weight excluding hydrogens is 899 g/mol. The lowest BCUT2D eigenvalue weighted by molar-refractivity contribution is -0.129. The molecule has 3 aromatic rings. The predicted molar refractivity (Wildman–Crippen MR) is 272 cm³/mol. The van der Waals surface area contributed by atoms with Gasteiger partial charge in [-0.3, -0.25) is 43.2 Å². The molecule has 388 valence electrons. The van der Waals surface area contributed by atoms with Crippen LogP contribution in [-0.4, -0.2) is 140 Å². The van der Waals surface area contributed by atoms with Crippen LogP contribution in [0.1, 0.15) is 86.4 Å². The number of aryl methyl sites for hydroxylation is 2. The van der Waals surface area contributed by atoms with Gasteiger partial charge in [-0.2, -0.15) is 11.8 Å². The number of nitrogens with two attached hydrogens (primary N) is 2. The Morgan fingerprint density at radius 1 is 0.603 bits per heavy atom. The molecule has 0 unspecified atom stereocenters. The molecule has 22 nitrogen and oxygen atoms in total. The van der Waals surface area contributed by atoms with Crippen LogP contribution in [0.5, 0.6) is 0 Å². The van der Waals surface area contributed by atoms with Crippen molar-refractivity contribution in [2.45, 2.75) is 89.0 Å². The normalized spacial score (nSPS) is 9.03. The summed E-state index contributed by atoms with van der Waals surface area (Å²) >= 11 is 1.86. The summed E-state index contributed by atoms with van der Waals surface area (Å²) in [5.74, 6) is -3.35. The smallest absolute Gasteiger partial charge is 0.239 e. The number of para-hydroxylation sites is 1. The topological polar surface area (TPSA) is 346 Å². The number of aromatic nitrogens is 3. The number of carbonyl (C=O) groups excluding carboxylic acids is 9. The fraction of sp³-hybridized carbons (Fsp3) is 0.556. The van der Waals surface area contributed by atoms with E-state index in [4.69, 9.17) is 5.73 Å². The Morgan fingerprint density at radius 3 is 1.16 bits per heavy atom. The summed E-state index contributed by atoms with van der Waals surface area (Å²) < 4.78 is 0. The van der Waals surface area contributed by atoms with Gasteiger partial charge in [0.25, 0.3) is 0 Å². The van der Waals surface area contributed by atoms with Crippen LogP contribution in [0.4, 0.5) is 0 Å². The SMILES string of the molecule is CC.CC(C)C.CCC.CCC(N)=O.CCSC.CNCC(=O)NCC(=O)NCC(=O)NCC(=O)NCC(=O)NCC(=O)NCC(=O)NCC(N)=O.Cc1c[nH]c2ccccc12.Cc1cnc[nH]1. The first kappa shape index (κ1) is 70.5. The van der Waals surface area contributed by atoms with Crippen LogP contribution < -0.4 is 54.0 Å². The van der Waals surface area contributed by atoms with E-state index in [-0.39, 0.29) is 25.5 Å². The lowest BCUT2D eigenvalue weighted by Crippen LogP contribution is -2.47. The van der Waals surface area contributed by atoms with Gasteiger partial charge in [0.15, 0.2) is 0 Å². The Morgan fingerprint density at radius 2 is 0.926 bits per heavy atom. The zero-order valence-electron chi connectivity index (χ0n) is 42.6. The molecule has 23 heteroatoms. The lowest BCUT2D eigenvalue weighted by Gasteiger charge is -2.09. The number of carbonyl (C=O) groups is 9. The molecule has 0 radical (unpaired) electrons. The van der Waals surface area contributed by atoms with Crippen LogP contribution in [0, 0.1) is 19.8 Å². The average Bonchev–Trinajstić information content (AvgIpc) is 3.96. The van der Waals surface area contributed by atoms with Gasteiger partial charge >= 0.3 is 0 Å². The van der Waals surface area contributed by atoms with Crippen molar-refractivity contribution in [2.24, 2.45) is 17.4 Å². The number of hydrogen-bond donors (Lipinski definition) is 12. The van der Waals surface area contributed by atoms with Gasteiger partial charge < -0.3 is 64.0 Å². The molecule has 3 rings (SSSR count). The molecule has 0 saturated carbocycles. The van der Waals surface area contributed by atoms with Gasteiger partial charge in [-0.15, -0.1) is 0 Å². The minimum Gasteiger partial charge on any atom is -0.370 e. The molecular formula is C45H83N13O9S. The third-order valence-corrected chi connectivity index (χ3v) is 7.12. The Labute approximate surface area is 407 Å². The number of amides is 9. The summed E-state index contributed by atoms with van der Waals surface area (Å²) in [5.41, 5.74) is 13.1. The van der Waals surface area contributed by atoms with Crippen molar-refractivity contribution < 1.29 is 43.2 Å². The Kier molecular flexibility index (Phi) is 51.8. The Balaban J connectivity index is -0.000000307. The van der Waals surface area contributed by atoms with Gasteiger partial charge in [0.1, 0.15) is 0 Å². The second-order valence-corrected chi connectivity index (χ2v) is 15.2. The van der Waals surface area contributed by atoms with E-state index in [1.54, 1.807) is 26.5 Å².